The van der Waals surface area contributed by atoms with Crippen molar-refractivity contribution in [3.8, 4) is 39.3 Å². The Hall–Kier alpha value is -4.56. The summed E-state index contributed by atoms with van der Waals surface area (Å²) in [6.45, 7) is 4.55. The number of hydrogen-bond donors (Lipinski definition) is 0. The Labute approximate surface area is 331 Å². The van der Waals surface area contributed by atoms with E-state index in [-0.39, 0.29) is 0 Å². The molecule has 0 N–H and O–H groups in total. The third-order valence-electron chi connectivity index (χ3n) is 13.0. The van der Waals surface area contributed by atoms with Crippen LogP contribution in [-0.2, 0) is 0 Å². The van der Waals surface area contributed by atoms with Crippen LogP contribution in [0.15, 0.2) is 89.8 Å². The summed E-state index contributed by atoms with van der Waals surface area (Å²) >= 11 is 0. The van der Waals surface area contributed by atoms with Crippen molar-refractivity contribution in [3.05, 3.63) is 106 Å². The fourth-order valence-corrected chi connectivity index (χ4v) is 8.75. The van der Waals surface area contributed by atoms with E-state index in [0.717, 1.165) is 33.2 Å². The van der Waals surface area contributed by atoms with Gasteiger partial charge in [0.25, 0.3) is 0 Å². The van der Waals surface area contributed by atoms with Crippen LogP contribution in [-0.4, -0.2) is 103 Å². The number of aryl methyl sites for hydroxylation is 1. The molecule has 7 aromatic rings. The molecule has 0 spiro atoms. The van der Waals surface area contributed by atoms with Crippen LogP contribution in [0.4, 0.5) is 0 Å². The summed E-state index contributed by atoms with van der Waals surface area (Å²) in [5.74, 6) is 0.935. The first kappa shape index (κ1) is 37.7. The van der Waals surface area contributed by atoms with E-state index in [2.05, 4.69) is 184 Å². The van der Waals surface area contributed by atoms with Crippen LogP contribution < -0.4 is 48.9 Å². The fraction of sp³-hybridized carbons (Fsp3) is 0.0500. The molecular weight excluding hydrogens is 638 g/mol. The van der Waals surface area contributed by atoms with E-state index in [9.17, 15) is 0 Å². The molecule has 0 aliphatic rings. The molecule has 0 saturated heterocycles. The second kappa shape index (κ2) is 14.3. The van der Waals surface area contributed by atoms with Crippen molar-refractivity contribution >= 4 is 165 Å². The first-order valence-corrected chi connectivity index (χ1v) is 19.3. The normalized spacial score (nSPS) is 12.6. The molecule has 0 aliphatic carbocycles. The first-order valence-electron chi connectivity index (χ1n) is 19.3. The molecule has 2 nitrogen and oxygen atoms in total. The molecule has 248 valence electrons. The van der Waals surface area contributed by atoms with Crippen LogP contribution in [0.3, 0.4) is 0 Å². The molecule has 0 amide bonds. The summed E-state index contributed by atoms with van der Waals surface area (Å²) in [6.07, 6.45) is 0. The summed E-state index contributed by atoms with van der Waals surface area (Å²) in [4.78, 5) is 5.19. The van der Waals surface area contributed by atoms with Crippen molar-refractivity contribution in [2.24, 2.45) is 0 Å². The second-order valence-corrected chi connectivity index (χ2v) is 15.8. The number of hydrogen-bond acceptors (Lipinski definition) is 1. The number of para-hydroxylation sites is 3. The maximum atomic E-state index is 5.19. The Morgan fingerprint density at radius 3 is 1.72 bits per heavy atom. The van der Waals surface area contributed by atoms with Crippen molar-refractivity contribution in [3.63, 3.8) is 0 Å². The van der Waals surface area contributed by atoms with E-state index in [1.54, 1.807) is 0 Å². The number of allylic oxidation sites excluding steroid dienone is 2. The molecular formula is C40H42B12N2. The fourth-order valence-electron chi connectivity index (χ4n) is 8.75. The van der Waals surface area contributed by atoms with E-state index >= 15 is 0 Å². The van der Waals surface area contributed by atoms with Crippen LogP contribution in [0, 0.1) is 12.0 Å². The third kappa shape index (κ3) is 5.83. The third-order valence-corrected chi connectivity index (χ3v) is 13.0. The molecule has 0 saturated carbocycles. The Morgan fingerprint density at radius 1 is 0.574 bits per heavy atom. The predicted octanol–water partition coefficient (Wildman–Crippen LogP) is -8.05. The minimum absolute atomic E-state index is 0.935. The van der Waals surface area contributed by atoms with Gasteiger partial charge in [-0.05, 0) is 0 Å². The molecule has 6 aromatic carbocycles. The van der Waals surface area contributed by atoms with Crippen molar-refractivity contribution in [1.29, 1.82) is 0 Å². The van der Waals surface area contributed by atoms with Gasteiger partial charge in [-0.2, -0.15) is 0 Å². The number of nitrogens with zero attached hydrogens (tertiary/aromatic N) is 2. The van der Waals surface area contributed by atoms with Gasteiger partial charge in [0.05, 0.1) is 0 Å². The molecule has 0 unspecified atom stereocenters. The van der Waals surface area contributed by atoms with Crippen LogP contribution >= 0.6 is 0 Å². The van der Waals surface area contributed by atoms with Crippen LogP contribution in [0.25, 0.3) is 66.6 Å². The first-order chi connectivity index (χ1) is 25.7. The Morgan fingerprint density at radius 2 is 1.11 bits per heavy atom. The van der Waals surface area contributed by atoms with Gasteiger partial charge in [0.2, 0.25) is 0 Å². The van der Waals surface area contributed by atoms with Gasteiger partial charge in [0.15, 0.2) is 0 Å². The zero-order valence-corrected chi connectivity index (χ0v) is 34.6. The van der Waals surface area contributed by atoms with Gasteiger partial charge in [-0.15, -0.1) is 0 Å². The van der Waals surface area contributed by atoms with Crippen LogP contribution in [0.1, 0.15) is 12.5 Å². The zero-order chi connectivity index (χ0) is 38.9. The average molecular weight is 681 g/mol. The monoisotopic (exact) mass is 682 g/mol. The predicted molar refractivity (Wildman–Crippen MR) is 272 cm³/mol. The summed E-state index contributed by atoms with van der Waals surface area (Å²) in [7, 11) is 30.2. The summed E-state index contributed by atoms with van der Waals surface area (Å²) in [5, 5.41) is 4.99. The summed E-state index contributed by atoms with van der Waals surface area (Å²) in [6, 6.07) is 28.1. The molecule has 54 heavy (non-hydrogen) atoms. The number of benzene rings is 6. The van der Waals surface area contributed by atoms with Crippen LogP contribution in [0.5, 0.6) is 0 Å². The van der Waals surface area contributed by atoms with Gasteiger partial charge in [-0.3, -0.25) is 0 Å². The number of rotatable bonds is 5. The van der Waals surface area contributed by atoms with E-state index in [0.29, 0.717) is 0 Å². The quantitative estimate of drug-likeness (QED) is 0.166. The minimum atomic E-state index is 0.935. The van der Waals surface area contributed by atoms with Crippen molar-refractivity contribution in [2.75, 3.05) is 0 Å². The van der Waals surface area contributed by atoms with Gasteiger partial charge in [-0.25, -0.2) is 0 Å². The zero-order valence-electron chi connectivity index (χ0n) is 34.6. The van der Waals surface area contributed by atoms with Gasteiger partial charge in [0, 0.05) is 0 Å². The Bertz CT molecular complexity index is 2830. The Kier molecular flexibility index (Phi) is 9.97. The number of aromatic nitrogens is 2. The van der Waals surface area contributed by atoms with Gasteiger partial charge < -0.3 is 0 Å². The van der Waals surface area contributed by atoms with Crippen molar-refractivity contribution in [1.82, 2.24) is 9.55 Å². The molecule has 14 heteroatoms. The van der Waals surface area contributed by atoms with Crippen molar-refractivity contribution in [2.45, 2.75) is 13.8 Å². The molecule has 0 bridgehead atoms. The molecule has 0 aliphatic heterocycles. The molecule has 1 aromatic heterocycles. The Balaban J connectivity index is 1.64. The average Bonchev–Trinajstić information content (AvgIpc) is 3.57. The number of fused-ring (bicyclic) bond motifs is 2. The van der Waals surface area contributed by atoms with Gasteiger partial charge >= 0.3 is 327 Å². The van der Waals surface area contributed by atoms with Crippen LogP contribution in [0.2, 0.25) is 0 Å². The second-order valence-electron chi connectivity index (χ2n) is 15.8. The van der Waals surface area contributed by atoms with E-state index in [1.165, 1.54) is 104 Å². The summed E-state index contributed by atoms with van der Waals surface area (Å²) in [5.41, 5.74) is 25.4. The molecule has 0 fully saturated rings. The summed E-state index contributed by atoms with van der Waals surface area (Å²) < 4.78 is 2.28. The molecule has 1 heterocycles. The molecule has 7 rings (SSSR count). The topological polar surface area (TPSA) is 17.8 Å². The maximum absolute atomic E-state index is 5.19. The van der Waals surface area contributed by atoms with E-state index < -0.39 is 0 Å². The SMILES string of the molecule is B=c1c(-c2c(B)c(B)c(B)c(B)c2B)c2c(C)c(B)c(B)c(B)c2c(-c2ccc(-c3nc4ccccc4n3-c3ccccc3)cc2)/c1=C(B)/C(B)=C(/B)C. The van der Waals surface area contributed by atoms with E-state index in [1.807, 2.05) is 0 Å². The van der Waals surface area contributed by atoms with E-state index in [4.69, 9.17) is 12.5 Å². The number of imidazole rings is 1. The van der Waals surface area contributed by atoms with Gasteiger partial charge in [-0.1, -0.05) is 6.07 Å². The molecule has 0 radical (unpaired) electrons. The standard InChI is InChI=1S/C40H42B12N2/c1-16-23-25(32(45)36(49)29(16)42)24(27(33(46)30(43)17(2)41)31(44)26(23)28-34(47)37(50)39(52)38(51)35(28)48)18-12-14-19(15-13-18)40-53-21-10-6-7-11-22(21)54(40)20-8-4-3-5-9-20/h3-15,44H,41-43,45-52H2,1-2H3/b30-17-,33-27+. The van der Waals surface area contributed by atoms with Crippen molar-refractivity contribution < 1.29 is 0 Å². The van der Waals surface area contributed by atoms with Gasteiger partial charge in [0.1, 0.15) is 0 Å². The molecule has 0 atom stereocenters.